The molecule has 0 radical (unpaired) electrons. The van der Waals surface area contributed by atoms with Crippen LogP contribution in [0.1, 0.15) is 6.92 Å². The minimum atomic E-state index is 0. The first-order valence-corrected chi connectivity index (χ1v) is 4.79. The number of aryl methyl sites for hydroxylation is 1. The zero-order valence-electron chi connectivity index (χ0n) is 8.60. The minimum Gasteiger partial charge on any atom is -1.00 e. The summed E-state index contributed by atoms with van der Waals surface area (Å²) in [6.45, 7) is 3.14. The third-order valence-electron chi connectivity index (χ3n) is 2.27. The van der Waals surface area contributed by atoms with Crippen molar-refractivity contribution in [3.8, 4) is 11.1 Å². The van der Waals surface area contributed by atoms with Crippen molar-refractivity contribution in [3.05, 3.63) is 49.1 Å². The van der Waals surface area contributed by atoms with Crippen LogP contribution in [0.3, 0.4) is 0 Å². The molecule has 2 nitrogen and oxygen atoms in total. The maximum atomic E-state index is 4.00. The van der Waals surface area contributed by atoms with E-state index in [1.165, 1.54) is 11.1 Å². The van der Waals surface area contributed by atoms with Gasteiger partial charge in [-0.15, -0.1) is 0 Å². The van der Waals surface area contributed by atoms with Gasteiger partial charge < -0.3 is 24.0 Å². The number of rotatable bonds is 2. The summed E-state index contributed by atoms with van der Waals surface area (Å²) in [7, 11) is 0. The average molecular weight is 312 g/mol. The summed E-state index contributed by atoms with van der Waals surface area (Å²) in [5.74, 6) is 0. The second kappa shape index (κ2) is 5.80. The Morgan fingerprint density at radius 1 is 1.00 bits per heavy atom. The Balaban J connectivity index is 0.00000112. The lowest BCUT2D eigenvalue weighted by atomic mass is 10.1. The van der Waals surface area contributed by atoms with Gasteiger partial charge in [0.15, 0.2) is 12.4 Å². The van der Waals surface area contributed by atoms with Gasteiger partial charge in [-0.3, -0.25) is 4.98 Å². The van der Waals surface area contributed by atoms with Crippen LogP contribution >= 0.6 is 0 Å². The molecule has 0 bridgehead atoms. The highest BCUT2D eigenvalue weighted by atomic mass is 127. The van der Waals surface area contributed by atoms with Crippen molar-refractivity contribution in [2.75, 3.05) is 0 Å². The number of aromatic nitrogens is 2. The average Bonchev–Trinajstić information content (AvgIpc) is 2.30. The molecule has 0 fully saturated rings. The SMILES string of the molecule is CC[n+]1ccc(-c2ccncc2)cc1.[I-]. The minimum absolute atomic E-state index is 0. The van der Waals surface area contributed by atoms with Gasteiger partial charge in [0.25, 0.3) is 0 Å². The van der Waals surface area contributed by atoms with Crippen LogP contribution in [0.2, 0.25) is 0 Å². The Morgan fingerprint density at radius 2 is 1.53 bits per heavy atom. The Kier molecular flexibility index (Phi) is 4.68. The fourth-order valence-electron chi connectivity index (χ4n) is 1.40. The third-order valence-corrected chi connectivity index (χ3v) is 2.27. The first kappa shape index (κ1) is 12.1. The zero-order chi connectivity index (χ0) is 9.80. The lowest BCUT2D eigenvalue weighted by molar-refractivity contribution is -0.693. The third kappa shape index (κ3) is 2.99. The fourth-order valence-corrected chi connectivity index (χ4v) is 1.40. The molecule has 2 rings (SSSR count). The Bertz CT molecular complexity index is 398. The highest BCUT2D eigenvalue weighted by molar-refractivity contribution is 5.61. The van der Waals surface area contributed by atoms with E-state index >= 15 is 0 Å². The molecule has 2 heterocycles. The summed E-state index contributed by atoms with van der Waals surface area (Å²) < 4.78 is 2.14. The summed E-state index contributed by atoms with van der Waals surface area (Å²) in [5.41, 5.74) is 2.44. The molecule has 15 heavy (non-hydrogen) atoms. The molecule has 0 N–H and O–H groups in total. The maximum Gasteiger partial charge on any atom is 0.169 e. The van der Waals surface area contributed by atoms with Crippen LogP contribution in [0, 0.1) is 0 Å². The van der Waals surface area contributed by atoms with Crippen LogP contribution < -0.4 is 28.5 Å². The summed E-state index contributed by atoms with van der Waals surface area (Å²) >= 11 is 0. The van der Waals surface area contributed by atoms with Crippen molar-refractivity contribution in [1.82, 2.24) is 4.98 Å². The largest absolute Gasteiger partial charge is 1.00 e. The lowest BCUT2D eigenvalue weighted by Crippen LogP contribution is -3.00. The molecule has 0 aliphatic carbocycles. The number of nitrogens with zero attached hydrogens (tertiary/aromatic N) is 2. The molecule has 0 aromatic carbocycles. The van der Waals surface area contributed by atoms with Crippen molar-refractivity contribution < 1.29 is 28.5 Å². The maximum absolute atomic E-state index is 4.00. The van der Waals surface area contributed by atoms with Crippen LogP contribution in [0.5, 0.6) is 0 Å². The van der Waals surface area contributed by atoms with E-state index < -0.39 is 0 Å². The first-order valence-electron chi connectivity index (χ1n) is 4.79. The normalized spacial score (nSPS) is 9.40. The monoisotopic (exact) mass is 312 g/mol. The van der Waals surface area contributed by atoms with Crippen LogP contribution in [-0.4, -0.2) is 4.98 Å². The van der Waals surface area contributed by atoms with Crippen LogP contribution in [-0.2, 0) is 6.54 Å². The van der Waals surface area contributed by atoms with Gasteiger partial charge in [-0.05, 0) is 30.2 Å². The summed E-state index contributed by atoms with van der Waals surface area (Å²) in [4.78, 5) is 4.00. The predicted octanol–water partition coefficient (Wildman–Crippen LogP) is -0.940. The molecule has 0 spiro atoms. The van der Waals surface area contributed by atoms with Gasteiger partial charge in [0.2, 0.25) is 0 Å². The highest BCUT2D eigenvalue weighted by Gasteiger charge is 1.99. The van der Waals surface area contributed by atoms with Crippen LogP contribution in [0.25, 0.3) is 11.1 Å². The van der Waals surface area contributed by atoms with Crippen LogP contribution in [0.15, 0.2) is 49.1 Å². The van der Waals surface area contributed by atoms with Crippen molar-refractivity contribution in [2.24, 2.45) is 0 Å². The van der Waals surface area contributed by atoms with E-state index in [0.29, 0.717) is 0 Å². The molecule has 3 heteroatoms. The molecule has 0 atom stereocenters. The Hall–Kier alpha value is -0.970. The van der Waals surface area contributed by atoms with Crippen molar-refractivity contribution in [3.63, 3.8) is 0 Å². The lowest BCUT2D eigenvalue weighted by Gasteiger charge is -1.98. The highest BCUT2D eigenvalue weighted by Crippen LogP contribution is 2.15. The number of hydrogen-bond donors (Lipinski definition) is 0. The smallest absolute Gasteiger partial charge is 0.169 e. The van der Waals surface area contributed by atoms with E-state index in [0.717, 1.165) is 6.54 Å². The molecular weight excluding hydrogens is 299 g/mol. The fraction of sp³-hybridized carbons (Fsp3) is 0.167. The van der Waals surface area contributed by atoms with Crippen molar-refractivity contribution in [1.29, 1.82) is 0 Å². The Morgan fingerprint density at radius 3 is 2.07 bits per heavy atom. The van der Waals surface area contributed by atoms with Gasteiger partial charge in [0, 0.05) is 24.5 Å². The molecule has 0 aliphatic rings. The number of pyridine rings is 2. The van der Waals surface area contributed by atoms with E-state index in [1.54, 1.807) is 0 Å². The summed E-state index contributed by atoms with van der Waals surface area (Å²) in [5, 5.41) is 0. The molecule has 78 valence electrons. The molecule has 0 saturated heterocycles. The zero-order valence-corrected chi connectivity index (χ0v) is 10.8. The number of hydrogen-bond acceptors (Lipinski definition) is 1. The molecule has 0 amide bonds. The summed E-state index contributed by atoms with van der Waals surface area (Å²) in [6.07, 6.45) is 7.82. The topological polar surface area (TPSA) is 16.8 Å². The Labute approximate surface area is 107 Å². The van der Waals surface area contributed by atoms with E-state index in [9.17, 15) is 0 Å². The van der Waals surface area contributed by atoms with E-state index in [4.69, 9.17) is 0 Å². The molecule has 0 saturated carbocycles. The van der Waals surface area contributed by atoms with Crippen molar-refractivity contribution >= 4 is 0 Å². The molecular formula is C12H13IN2. The van der Waals surface area contributed by atoms with Crippen molar-refractivity contribution in [2.45, 2.75) is 13.5 Å². The van der Waals surface area contributed by atoms with Gasteiger partial charge >= 0.3 is 0 Å². The molecule has 0 aliphatic heterocycles. The predicted molar refractivity (Wildman–Crippen MR) is 55.5 cm³/mol. The van der Waals surface area contributed by atoms with Gasteiger partial charge in [-0.2, -0.15) is 0 Å². The first-order chi connectivity index (χ1) is 6.90. The molecule has 0 unspecified atom stereocenters. The standard InChI is InChI=1S/C12H13N2.HI/c1-2-14-9-5-12(6-10-14)11-3-7-13-8-4-11;/h3-10H,2H2,1H3;1H/q+1;/p-1. The summed E-state index contributed by atoms with van der Waals surface area (Å²) in [6, 6.07) is 8.29. The molecule has 2 aromatic rings. The quantitative estimate of drug-likeness (QED) is 0.517. The van der Waals surface area contributed by atoms with Gasteiger partial charge in [0.1, 0.15) is 6.54 Å². The second-order valence-corrected chi connectivity index (χ2v) is 3.15. The van der Waals surface area contributed by atoms with E-state index in [2.05, 4.69) is 41.0 Å². The number of halogens is 1. The van der Waals surface area contributed by atoms with Gasteiger partial charge in [-0.25, -0.2) is 4.57 Å². The van der Waals surface area contributed by atoms with Crippen LogP contribution in [0.4, 0.5) is 0 Å². The van der Waals surface area contributed by atoms with E-state index in [1.807, 2.05) is 24.5 Å². The van der Waals surface area contributed by atoms with Gasteiger partial charge in [0.05, 0.1) is 0 Å². The van der Waals surface area contributed by atoms with Gasteiger partial charge in [-0.1, -0.05) is 0 Å². The second-order valence-electron chi connectivity index (χ2n) is 3.15. The molecule has 2 aromatic heterocycles. The van der Waals surface area contributed by atoms with E-state index in [-0.39, 0.29) is 24.0 Å².